The Bertz CT molecular complexity index is 2710. The zero-order chi connectivity index (χ0) is 33.8. The number of hydrogen-bond donors (Lipinski definition) is 0. The number of nitrogens with zero attached hydrogens (tertiary/aromatic N) is 2. The molecule has 2 nitrogen and oxygen atoms in total. The topological polar surface area (TPSA) is 25.8 Å². The molecular weight excluding hydrogens is 605 g/mol. The third-order valence-electron chi connectivity index (χ3n) is 11.4. The van der Waals surface area contributed by atoms with Crippen LogP contribution in [0.25, 0.3) is 77.7 Å². The van der Waals surface area contributed by atoms with Crippen molar-refractivity contribution in [3.8, 4) is 56.0 Å². The Balaban J connectivity index is 1.16. The van der Waals surface area contributed by atoms with Crippen molar-refractivity contribution in [3.05, 3.63) is 168 Å². The molecule has 0 bridgehead atoms. The first-order chi connectivity index (χ1) is 24.3. The number of rotatable bonds is 3. The van der Waals surface area contributed by atoms with Crippen LogP contribution >= 0.6 is 0 Å². The van der Waals surface area contributed by atoms with Gasteiger partial charge in [-0.05, 0) is 90.7 Å². The lowest BCUT2D eigenvalue weighted by atomic mass is 9.79. The predicted molar refractivity (Wildman–Crippen MR) is 208 cm³/mol. The van der Waals surface area contributed by atoms with Crippen LogP contribution in [-0.2, 0) is 10.8 Å². The van der Waals surface area contributed by atoms with Crippen molar-refractivity contribution in [2.45, 2.75) is 38.5 Å². The summed E-state index contributed by atoms with van der Waals surface area (Å²) < 4.78 is 0. The highest BCUT2D eigenvalue weighted by Gasteiger charge is 2.39. The summed E-state index contributed by atoms with van der Waals surface area (Å²) in [7, 11) is 0. The standard InChI is InChI=1S/C48H36N2/c1-47(2)39-21-10-7-18-34(39)35-25-24-31(28-41(35)47)45-37-20-9-12-23-42(37)49-46(50-45)32-16-13-15-29(26-32)38-27-30-14-5-6-17-33(30)44-43(38)36-19-8-11-22-40(36)48(44,3)4/h5-28H,1-4H3. The second-order valence-electron chi connectivity index (χ2n) is 15.0. The molecule has 0 amide bonds. The minimum absolute atomic E-state index is 0.0881. The molecule has 0 unspecified atom stereocenters. The zero-order valence-corrected chi connectivity index (χ0v) is 28.8. The molecule has 0 saturated carbocycles. The van der Waals surface area contributed by atoms with Crippen molar-refractivity contribution in [1.82, 2.24) is 9.97 Å². The lowest BCUT2D eigenvalue weighted by Crippen LogP contribution is -2.15. The molecular formula is C48H36N2. The third kappa shape index (κ3) is 4.02. The van der Waals surface area contributed by atoms with Gasteiger partial charge in [-0.3, -0.25) is 0 Å². The molecule has 0 atom stereocenters. The highest BCUT2D eigenvalue weighted by Crippen LogP contribution is 2.55. The van der Waals surface area contributed by atoms with Gasteiger partial charge in [0.1, 0.15) is 0 Å². The van der Waals surface area contributed by atoms with Crippen LogP contribution in [0, 0.1) is 0 Å². The van der Waals surface area contributed by atoms with Crippen LogP contribution in [0.4, 0.5) is 0 Å². The molecule has 1 aromatic heterocycles. The van der Waals surface area contributed by atoms with Crippen molar-refractivity contribution >= 4 is 21.7 Å². The molecule has 0 N–H and O–H groups in total. The fraction of sp³-hybridized carbons (Fsp3) is 0.125. The van der Waals surface area contributed by atoms with E-state index in [4.69, 9.17) is 9.97 Å². The minimum atomic E-state index is -0.110. The van der Waals surface area contributed by atoms with E-state index in [0.717, 1.165) is 33.5 Å². The molecule has 50 heavy (non-hydrogen) atoms. The summed E-state index contributed by atoms with van der Waals surface area (Å²) in [6, 6.07) is 53.1. The van der Waals surface area contributed by atoms with Crippen molar-refractivity contribution in [2.75, 3.05) is 0 Å². The highest BCUT2D eigenvalue weighted by atomic mass is 14.9. The molecule has 0 radical (unpaired) electrons. The number of hydrogen-bond acceptors (Lipinski definition) is 2. The number of para-hydroxylation sites is 1. The number of benzene rings is 7. The Kier molecular flexibility index (Phi) is 6.01. The lowest BCUT2D eigenvalue weighted by Gasteiger charge is -2.24. The predicted octanol–water partition coefficient (Wildman–Crippen LogP) is 12.4. The van der Waals surface area contributed by atoms with Gasteiger partial charge >= 0.3 is 0 Å². The van der Waals surface area contributed by atoms with Crippen molar-refractivity contribution in [1.29, 1.82) is 0 Å². The zero-order valence-electron chi connectivity index (χ0n) is 28.8. The molecule has 2 heteroatoms. The molecule has 0 saturated heterocycles. The summed E-state index contributed by atoms with van der Waals surface area (Å²) in [5, 5.41) is 3.65. The van der Waals surface area contributed by atoms with Crippen LogP contribution in [0.5, 0.6) is 0 Å². The van der Waals surface area contributed by atoms with Crippen LogP contribution in [-0.4, -0.2) is 9.97 Å². The Morgan fingerprint density at radius 3 is 1.92 bits per heavy atom. The molecule has 7 aromatic carbocycles. The average molecular weight is 641 g/mol. The van der Waals surface area contributed by atoms with Crippen LogP contribution in [0.3, 0.4) is 0 Å². The monoisotopic (exact) mass is 640 g/mol. The molecule has 8 aromatic rings. The lowest BCUT2D eigenvalue weighted by molar-refractivity contribution is 0.660. The van der Waals surface area contributed by atoms with E-state index in [0.29, 0.717) is 0 Å². The van der Waals surface area contributed by atoms with E-state index >= 15 is 0 Å². The van der Waals surface area contributed by atoms with Crippen molar-refractivity contribution in [2.24, 2.45) is 0 Å². The maximum Gasteiger partial charge on any atom is 0.160 e. The first-order valence-electron chi connectivity index (χ1n) is 17.6. The molecule has 1 heterocycles. The number of aromatic nitrogens is 2. The van der Waals surface area contributed by atoms with Gasteiger partial charge in [-0.25, -0.2) is 9.97 Å². The summed E-state index contributed by atoms with van der Waals surface area (Å²) in [5.74, 6) is 0.738. The molecule has 0 fully saturated rings. The van der Waals surface area contributed by atoms with E-state index < -0.39 is 0 Å². The van der Waals surface area contributed by atoms with Gasteiger partial charge in [0, 0.05) is 27.3 Å². The molecule has 0 spiro atoms. The van der Waals surface area contributed by atoms with Gasteiger partial charge in [-0.2, -0.15) is 0 Å². The second-order valence-corrected chi connectivity index (χ2v) is 15.0. The fourth-order valence-electron chi connectivity index (χ4n) is 8.99. The second kappa shape index (κ2) is 10.3. The van der Waals surface area contributed by atoms with Crippen molar-refractivity contribution < 1.29 is 0 Å². The van der Waals surface area contributed by atoms with Crippen molar-refractivity contribution in [3.63, 3.8) is 0 Å². The van der Waals surface area contributed by atoms with E-state index in [9.17, 15) is 0 Å². The van der Waals surface area contributed by atoms with Crippen LogP contribution in [0.15, 0.2) is 146 Å². The Morgan fingerprint density at radius 2 is 1.08 bits per heavy atom. The highest BCUT2D eigenvalue weighted by molar-refractivity contribution is 6.05. The van der Waals surface area contributed by atoms with E-state index in [1.807, 2.05) is 0 Å². The molecule has 2 aliphatic rings. The summed E-state index contributed by atoms with van der Waals surface area (Å²) in [4.78, 5) is 10.5. The van der Waals surface area contributed by atoms with Gasteiger partial charge in [0.2, 0.25) is 0 Å². The molecule has 2 aliphatic carbocycles. The average Bonchev–Trinajstić information content (AvgIpc) is 3.54. The molecule has 10 rings (SSSR count). The fourth-order valence-corrected chi connectivity index (χ4v) is 8.99. The molecule has 238 valence electrons. The summed E-state index contributed by atoms with van der Waals surface area (Å²) in [6.45, 7) is 9.40. The van der Waals surface area contributed by atoms with Gasteiger partial charge < -0.3 is 0 Å². The van der Waals surface area contributed by atoms with Crippen LogP contribution in [0.1, 0.15) is 49.9 Å². The van der Waals surface area contributed by atoms with Crippen LogP contribution in [0.2, 0.25) is 0 Å². The van der Waals surface area contributed by atoms with E-state index in [-0.39, 0.29) is 10.8 Å². The van der Waals surface area contributed by atoms with E-state index in [2.05, 4.69) is 173 Å². The summed E-state index contributed by atoms with van der Waals surface area (Å²) in [6.07, 6.45) is 0. The summed E-state index contributed by atoms with van der Waals surface area (Å²) >= 11 is 0. The normalized spacial score (nSPS) is 14.7. The minimum Gasteiger partial charge on any atom is -0.228 e. The van der Waals surface area contributed by atoms with E-state index in [1.165, 1.54) is 66.4 Å². The van der Waals surface area contributed by atoms with E-state index in [1.54, 1.807) is 0 Å². The SMILES string of the molecule is CC1(C)c2ccccc2-c2ccc(-c3nc(-c4cccc(-c5cc6ccccc6c6c5-c5ccccc5C6(C)C)c4)nc4ccccc34)cc21. The Labute approximate surface area is 293 Å². The Morgan fingerprint density at radius 1 is 0.420 bits per heavy atom. The van der Waals surface area contributed by atoms with Gasteiger partial charge in [-0.15, -0.1) is 0 Å². The van der Waals surface area contributed by atoms with Crippen LogP contribution < -0.4 is 0 Å². The Hall–Kier alpha value is -5.86. The quantitative estimate of drug-likeness (QED) is 0.192. The van der Waals surface area contributed by atoms with Gasteiger partial charge in [-0.1, -0.05) is 149 Å². The van der Waals surface area contributed by atoms with Gasteiger partial charge in [0.15, 0.2) is 5.82 Å². The van der Waals surface area contributed by atoms with Gasteiger partial charge in [0.05, 0.1) is 11.2 Å². The smallest absolute Gasteiger partial charge is 0.160 e. The van der Waals surface area contributed by atoms with Gasteiger partial charge in [0.25, 0.3) is 0 Å². The maximum atomic E-state index is 5.37. The summed E-state index contributed by atoms with van der Waals surface area (Å²) in [5.41, 5.74) is 17.1. The third-order valence-corrected chi connectivity index (χ3v) is 11.4. The largest absolute Gasteiger partial charge is 0.228 e. The number of fused-ring (bicyclic) bond motifs is 9. The first kappa shape index (κ1) is 29.1. The maximum absolute atomic E-state index is 5.37. The molecule has 0 aliphatic heterocycles. The first-order valence-corrected chi connectivity index (χ1v) is 17.6.